The Morgan fingerprint density at radius 2 is 0.676 bits per heavy atom. The molecule has 0 bridgehead atoms. The van der Waals surface area contributed by atoms with Crippen LogP contribution >= 0.6 is 0 Å². The summed E-state index contributed by atoms with van der Waals surface area (Å²) in [6.07, 6.45) is 87.7. The first-order chi connectivity index (χ1) is 50.1. The lowest BCUT2D eigenvalue weighted by atomic mass is 9.97. The van der Waals surface area contributed by atoms with Crippen molar-refractivity contribution >= 4 is 5.91 Å². The quantitative estimate of drug-likeness (QED) is 0.0204. The van der Waals surface area contributed by atoms with Crippen molar-refractivity contribution in [2.24, 2.45) is 0 Å². The standard InChI is InChI=1S/C88H151NO13/c1-3-5-7-9-11-13-15-17-19-21-23-25-27-29-31-33-34-35-36-37-38-39-40-41-42-44-46-48-50-52-54-56-58-60-62-64-66-68-70-72-80(93)89-76(75-99-87-85(98)83(96)86(79(74-91)101-87)102-88-84(97)82(95)81(94)78(73-90)100-88)77(92)71-69-67-65-63-61-59-57-55-53-51-49-47-45-43-32-30-28-26-24-22-20-18-16-14-12-10-8-6-4-2/h5,7,11,13,17,19,23,25,29,31,34-35,37-38,40-41,44,46,50,52,56,58,76-79,81-88,90-92,94-98H,3-4,6,8-10,12,14-16,18,20-22,24,26-28,30,32-33,36,39,42-43,45,47-49,51,53-55,57,59-75H2,1-2H3,(H,89,93)/b7-5-,13-11-,19-17-,25-23-,31-29-,35-34-,38-37-,41-40-,46-44-,52-50-,58-56-. The summed E-state index contributed by atoms with van der Waals surface area (Å²) in [5.41, 5.74) is 0. The molecule has 0 aromatic carbocycles. The zero-order chi connectivity index (χ0) is 73.7. The summed E-state index contributed by atoms with van der Waals surface area (Å²) in [4.78, 5) is 13.4. The Labute approximate surface area is 621 Å². The van der Waals surface area contributed by atoms with E-state index >= 15 is 0 Å². The predicted octanol–water partition coefficient (Wildman–Crippen LogP) is 19.4. The molecule has 0 saturated carbocycles. The van der Waals surface area contributed by atoms with E-state index in [1.54, 1.807) is 0 Å². The molecule has 14 nitrogen and oxygen atoms in total. The van der Waals surface area contributed by atoms with E-state index in [9.17, 15) is 45.6 Å². The van der Waals surface area contributed by atoms with Gasteiger partial charge in [-0.3, -0.25) is 4.79 Å². The Kier molecular flexibility index (Phi) is 64.8. The smallest absolute Gasteiger partial charge is 0.220 e. The number of carbonyl (C=O) groups excluding carboxylic acids is 1. The summed E-state index contributed by atoms with van der Waals surface area (Å²) in [6, 6.07) is -0.852. The monoisotopic (exact) mass is 1430 g/mol. The summed E-state index contributed by atoms with van der Waals surface area (Å²) >= 11 is 0. The van der Waals surface area contributed by atoms with Gasteiger partial charge in [-0.05, 0) is 96.3 Å². The first-order valence-corrected chi connectivity index (χ1v) is 41.4. The molecular formula is C88H151NO13. The maximum Gasteiger partial charge on any atom is 0.220 e. The lowest BCUT2D eigenvalue weighted by Gasteiger charge is -2.46. The average molecular weight is 1430 g/mol. The molecule has 12 unspecified atom stereocenters. The zero-order valence-electron chi connectivity index (χ0n) is 64.3. The van der Waals surface area contributed by atoms with E-state index in [0.29, 0.717) is 12.8 Å². The topological polar surface area (TPSA) is 228 Å². The number of unbranched alkanes of at least 4 members (excludes halogenated alkanes) is 33. The molecule has 0 aromatic heterocycles. The summed E-state index contributed by atoms with van der Waals surface area (Å²) in [5, 5.41) is 87.9. The van der Waals surface area contributed by atoms with E-state index in [-0.39, 0.29) is 18.9 Å². The van der Waals surface area contributed by atoms with Crippen LogP contribution in [-0.2, 0) is 23.7 Å². The number of aliphatic hydroxyl groups excluding tert-OH is 8. The van der Waals surface area contributed by atoms with Crippen LogP contribution in [0.15, 0.2) is 134 Å². The van der Waals surface area contributed by atoms with Gasteiger partial charge in [0.15, 0.2) is 12.6 Å². The molecule has 2 heterocycles. The minimum atomic E-state index is -1.79. The first kappa shape index (κ1) is 94.2. The van der Waals surface area contributed by atoms with Gasteiger partial charge in [-0.15, -0.1) is 0 Å². The number of aliphatic hydroxyl groups is 8. The van der Waals surface area contributed by atoms with Gasteiger partial charge in [0.25, 0.3) is 0 Å². The number of rotatable bonds is 68. The molecule has 0 aliphatic carbocycles. The van der Waals surface area contributed by atoms with Gasteiger partial charge in [-0.25, -0.2) is 0 Å². The van der Waals surface area contributed by atoms with Gasteiger partial charge in [-0.2, -0.15) is 0 Å². The van der Waals surface area contributed by atoms with E-state index in [1.165, 1.54) is 161 Å². The molecule has 2 fully saturated rings. The summed E-state index contributed by atoms with van der Waals surface area (Å²) in [7, 11) is 0. The van der Waals surface area contributed by atoms with Crippen molar-refractivity contribution in [2.45, 2.75) is 396 Å². The average Bonchev–Trinajstić information content (AvgIpc) is 0.790. The molecule has 0 aromatic rings. The zero-order valence-corrected chi connectivity index (χ0v) is 64.3. The van der Waals surface area contributed by atoms with Gasteiger partial charge >= 0.3 is 0 Å². The Bertz CT molecular complexity index is 2230. The third-order valence-corrected chi connectivity index (χ3v) is 19.4. The normalized spacial score (nSPS) is 22.4. The van der Waals surface area contributed by atoms with E-state index in [2.05, 4.69) is 153 Å². The number of allylic oxidation sites excluding steroid dienone is 22. The Balaban J connectivity index is 1.63. The van der Waals surface area contributed by atoms with Crippen LogP contribution < -0.4 is 5.32 Å². The molecule has 102 heavy (non-hydrogen) atoms. The highest BCUT2D eigenvalue weighted by atomic mass is 16.7. The summed E-state index contributed by atoms with van der Waals surface area (Å²) in [6.45, 7) is 2.77. The van der Waals surface area contributed by atoms with Crippen molar-refractivity contribution in [1.29, 1.82) is 0 Å². The van der Waals surface area contributed by atoms with Crippen molar-refractivity contribution in [2.75, 3.05) is 19.8 Å². The molecule has 2 aliphatic heterocycles. The van der Waals surface area contributed by atoms with Gasteiger partial charge in [0.2, 0.25) is 5.91 Å². The van der Waals surface area contributed by atoms with Crippen LogP contribution in [0.3, 0.4) is 0 Å². The van der Waals surface area contributed by atoms with E-state index in [0.717, 1.165) is 128 Å². The lowest BCUT2D eigenvalue weighted by Crippen LogP contribution is -2.65. The van der Waals surface area contributed by atoms with E-state index in [4.69, 9.17) is 18.9 Å². The lowest BCUT2D eigenvalue weighted by molar-refractivity contribution is -0.359. The van der Waals surface area contributed by atoms with Crippen LogP contribution in [0.5, 0.6) is 0 Å². The number of carbonyl (C=O) groups is 1. The molecule has 14 heteroatoms. The minimum absolute atomic E-state index is 0.227. The summed E-state index contributed by atoms with van der Waals surface area (Å²) in [5.74, 6) is -0.227. The molecule has 12 atom stereocenters. The van der Waals surface area contributed by atoms with Gasteiger partial charge in [0, 0.05) is 6.42 Å². The van der Waals surface area contributed by atoms with Gasteiger partial charge < -0.3 is 65.1 Å². The fourth-order valence-corrected chi connectivity index (χ4v) is 12.9. The van der Waals surface area contributed by atoms with Crippen LogP contribution in [0, 0.1) is 0 Å². The third kappa shape index (κ3) is 52.2. The predicted molar refractivity (Wildman–Crippen MR) is 424 cm³/mol. The molecule has 2 aliphatic rings. The highest BCUT2D eigenvalue weighted by Crippen LogP contribution is 2.30. The number of ether oxygens (including phenoxy) is 4. The third-order valence-electron chi connectivity index (χ3n) is 19.4. The molecular weight excluding hydrogens is 1280 g/mol. The number of hydrogen-bond donors (Lipinski definition) is 9. The molecule has 1 amide bonds. The van der Waals surface area contributed by atoms with E-state index < -0.39 is 86.8 Å². The molecule has 0 radical (unpaired) electrons. The van der Waals surface area contributed by atoms with Crippen LogP contribution in [0.25, 0.3) is 0 Å². The molecule has 9 N–H and O–H groups in total. The van der Waals surface area contributed by atoms with Crippen molar-refractivity contribution in [3.63, 3.8) is 0 Å². The maximum atomic E-state index is 13.4. The van der Waals surface area contributed by atoms with Crippen molar-refractivity contribution in [3.05, 3.63) is 134 Å². The Hall–Kier alpha value is -3.87. The highest BCUT2D eigenvalue weighted by molar-refractivity contribution is 5.76. The second-order valence-corrected chi connectivity index (χ2v) is 28.5. The largest absolute Gasteiger partial charge is 0.394 e. The van der Waals surface area contributed by atoms with Crippen molar-refractivity contribution in [1.82, 2.24) is 5.32 Å². The number of nitrogens with one attached hydrogen (secondary N) is 1. The van der Waals surface area contributed by atoms with Crippen molar-refractivity contribution < 1.29 is 64.6 Å². The molecule has 2 rings (SSSR count). The van der Waals surface area contributed by atoms with Crippen LogP contribution in [0.4, 0.5) is 0 Å². The summed E-state index contributed by atoms with van der Waals surface area (Å²) < 4.78 is 23.0. The minimum Gasteiger partial charge on any atom is -0.394 e. The number of hydrogen-bond acceptors (Lipinski definition) is 13. The Morgan fingerprint density at radius 3 is 1.04 bits per heavy atom. The van der Waals surface area contributed by atoms with Gasteiger partial charge in [-0.1, -0.05) is 353 Å². The molecule has 0 spiro atoms. The van der Waals surface area contributed by atoms with Crippen LogP contribution in [-0.4, -0.2) is 140 Å². The fourth-order valence-electron chi connectivity index (χ4n) is 12.9. The second-order valence-electron chi connectivity index (χ2n) is 28.5. The second kappa shape index (κ2) is 70.1. The number of amides is 1. The fraction of sp³-hybridized carbons (Fsp3) is 0.739. The molecule has 2 saturated heterocycles. The maximum absolute atomic E-state index is 13.4. The Morgan fingerprint density at radius 1 is 0.363 bits per heavy atom. The van der Waals surface area contributed by atoms with Gasteiger partial charge in [0.1, 0.15) is 48.8 Å². The van der Waals surface area contributed by atoms with E-state index in [1.807, 2.05) is 0 Å². The van der Waals surface area contributed by atoms with Crippen LogP contribution in [0.1, 0.15) is 322 Å². The van der Waals surface area contributed by atoms with Gasteiger partial charge in [0.05, 0.1) is 32.0 Å². The SMILES string of the molecule is CC/C=C\C/C=C\C/C=C\C/C=C\C/C=C\C/C=C\C/C=C\C/C=C\C/C=C\C/C=C\C/C=C\CCCCCCCC(=O)NC(COC1OC(CO)C(OC2OC(CO)C(O)C(O)C2O)C(O)C1O)C(O)CCCCCCCCCCCCCCCCCCCCCCCCCCCCCCC. The highest BCUT2D eigenvalue weighted by Gasteiger charge is 2.51. The van der Waals surface area contributed by atoms with Crippen LogP contribution in [0.2, 0.25) is 0 Å². The van der Waals surface area contributed by atoms with Crippen molar-refractivity contribution in [3.8, 4) is 0 Å². The molecule has 586 valence electrons. The first-order valence-electron chi connectivity index (χ1n) is 41.4.